The zero-order chi connectivity index (χ0) is 18.9. The first-order chi connectivity index (χ1) is 12.5. The quantitative estimate of drug-likeness (QED) is 0.776. The summed E-state index contributed by atoms with van der Waals surface area (Å²) in [5, 5.41) is 11.7. The van der Waals surface area contributed by atoms with E-state index in [2.05, 4.69) is 12.2 Å². The van der Waals surface area contributed by atoms with Crippen molar-refractivity contribution in [1.82, 2.24) is 5.32 Å². The molecule has 0 aliphatic rings. The minimum atomic E-state index is -0.915. The van der Waals surface area contributed by atoms with Crippen LogP contribution in [0.4, 0.5) is 0 Å². The van der Waals surface area contributed by atoms with Crippen LogP contribution < -0.4 is 5.32 Å². The molecule has 2 aromatic carbocycles. The third kappa shape index (κ3) is 5.18. The lowest BCUT2D eigenvalue weighted by atomic mass is 9.96. The van der Waals surface area contributed by atoms with E-state index in [0.717, 1.165) is 12.0 Å². The molecule has 0 bridgehead atoms. The van der Waals surface area contributed by atoms with Gasteiger partial charge in [-0.25, -0.2) is 4.79 Å². The minimum absolute atomic E-state index is 0.204. The molecule has 0 radical (unpaired) electrons. The van der Waals surface area contributed by atoms with Crippen molar-refractivity contribution < 1.29 is 14.3 Å². The number of nitriles is 1. The van der Waals surface area contributed by atoms with E-state index in [0.29, 0.717) is 12.1 Å². The van der Waals surface area contributed by atoms with Gasteiger partial charge in [-0.3, -0.25) is 4.79 Å². The molecule has 0 saturated carbocycles. The smallest absolute Gasteiger partial charge is 0.338 e. The normalized spacial score (nSPS) is 12.5. The molecule has 5 nitrogen and oxygen atoms in total. The summed E-state index contributed by atoms with van der Waals surface area (Å²) in [5.74, 6) is -0.764. The predicted molar refractivity (Wildman–Crippen MR) is 98.5 cm³/mol. The molecule has 0 aliphatic carbocycles. The average Bonchev–Trinajstić information content (AvgIpc) is 2.69. The largest absolute Gasteiger partial charge is 0.449 e. The molecule has 2 atom stereocenters. The van der Waals surface area contributed by atoms with E-state index in [-0.39, 0.29) is 17.4 Å². The summed E-state index contributed by atoms with van der Waals surface area (Å²) in [6.45, 7) is 4.07. The van der Waals surface area contributed by atoms with Gasteiger partial charge < -0.3 is 10.1 Å². The molecule has 0 heterocycles. The molecular formula is C21H22N2O3. The van der Waals surface area contributed by atoms with Crippen LogP contribution in [-0.4, -0.2) is 24.5 Å². The molecule has 0 unspecified atom stereocenters. The van der Waals surface area contributed by atoms with Crippen molar-refractivity contribution in [1.29, 1.82) is 5.26 Å². The second kappa shape index (κ2) is 9.38. The number of carbonyl (C=O) groups is 2. The van der Waals surface area contributed by atoms with Gasteiger partial charge >= 0.3 is 5.97 Å². The predicted octanol–water partition coefficient (Wildman–Crippen LogP) is 3.41. The topological polar surface area (TPSA) is 79.2 Å². The van der Waals surface area contributed by atoms with Gasteiger partial charge in [-0.05, 0) is 37.1 Å². The zero-order valence-corrected chi connectivity index (χ0v) is 14.9. The van der Waals surface area contributed by atoms with Gasteiger partial charge in [-0.15, -0.1) is 0 Å². The van der Waals surface area contributed by atoms with Crippen molar-refractivity contribution in [3.8, 4) is 6.07 Å². The number of hydrogen-bond acceptors (Lipinski definition) is 4. The first-order valence-electron chi connectivity index (χ1n) is 8.59. The number of amides is 1. The van der Waals surface area contributed by atoms with Crippen LogP contribution in [0.1, 0.15) is 47.7 Å². The highest BCUT2D eigenvalue weighted by Gasteiger charge is 2.20. The van der Waals surface area contributed by atoms with E-state index in [1.54, 1.807) is 18.2 Å². The summed E-state index contributed by atoms with van der Waals surface area (Å²) in [6.07, 6.45) is -0.0270. The van der Waals surface area contributed by atoms with Gasteiger partial charge in [0.05, 0.1) is 17.2 Å². The van der Waals surface area contributed by atoms with Crippen LogP contribution in [0.2, 0.25) is 0 Å². The maximum absolute atomic E-state index is 12.2. The van der Waals surface area contributed by atoms with Gasteiger partial charge in [0.25, 0.3) is 5.91 Å². The molecule has 0 fully saturated rings. The molecule has 0 saturated heterocycles. The number of rotatable bonds is 7. The van der Waals surface area contributed by atoms with Gasteiger partial charge in [0, 0.05) is 12.5 Å². The summed E-state index contributed by atoms with van der Waals surface area (Å²) in [7, 11) is 0. The lowest BCUT2D eigenvalue weighted by Gasteiger charge is -2.18. The van der Waals surface area contributed by atoms with Gasteiger partial charge in [0.2, 0.25) is 0 Å². The SMILES string of the molecule is CC[C@H](CNC(=O)[C@@H](C)OC(=O)c1cccc(C#N)c1)c1ccccc1. The summed E-state index contributed by atoms with van der Waals surface area (Å²) < 4.78 is 5.21. The molecule has 26 heavy (non-hydrogen) atoms. The van der Waals surface area contributed by atoms with Crippen LogP contribution in [-0.2, 0) is 9.53 Å². The third-order valence-corrected chi connectivity index (χ3v) is 4.17. The van der Waals surface area contributed by atoms with E-state index in [9.17, 15) is 9.59 Å². The third-order valence-electron chi connectivity index (χ3n) is 4.17. The Bertz CT molecular complexity index is 796. The van der Waals surface area contributed by atoms with Gasteiger partial charge in [0.1, 0.15) is 0 Å². The lowest BCUT2D eigenvalue weighted by Crippen LogP contribution is -2.38. The fraction of sp³-hybridized carbons (Fsp3) is 0.286. The van der Waals surface area contributed by atoms with Crippen molar-refractivity contribution in [3.63, 3.8) is 0 Å². The molecule has 2 rings (SSSR count). The molecule has 0 aliphatic heterocycles. The van der Waals surface area contributed by atoms with Crippen LogP contribution in [0.5, 0.6) is 0 Å². The van der Waals surface area contributed by atoms with Crippen LogP contribution in [0, 0.1) is 11.3 Å². The van der Waals surface area contributed by atoms with Crippen LogP contribution in [0.25, 0.3) is 0 Å². The average molecular weight is 350 g/mol. The Morgan fingerprint density at radius 3 is 2.54 bits per heavy atom. The summed E-state index contributed by atoms with van der Waals surface area (Å²) in [6, 6.07) is 18.1. The summed E-state index contributed by atoms with van der Waals surface area (Å²) >= 11 is 0. The van der Waals surface area contributed by atoms with E-state index >= 15 is 0 Å². The second-order valence-electron chi connectivity index (χ2n) is 6.00. The number of carbonyl (C=O) groups excluding carboxylic acids is 2. The van der Waals surface area contributed by atoms with Crippen molar-refractivity contribution in [2.24, 2.45) is 0 Å². The standard InChI is InChI=1S/C21H22N2O3/c1-3-17(18-9-5-4-6-10-18)14-23-20(24)15(2)26-21(25)19-11-7-8-16(12-19)13-22/h4-12,15,17H,3,14H2,1-2H3,(H,23,24)/t15-,17-/m1/s1. The van der Waals surface area contributed by atoms with Crippen molar-refractivity contribution in [2.45, 2.75) is 32.3 Å². The second-order valence-corrected chi connectivity index (χ2v) is 6.00. The first-order valence-corrected chi connectivity index (χ1v) is 8.59. The van der Waals surface area contributed by atoms with Crippen molar-refractivity contribution >= 4 is 11.9 Å². The molecule has 0 spiro atoms. The van der Waals surface area contributed by atoms with Gasteiger partial charge in [-0.1, -0.05) is 43.3 Å². The van der Waals surface area contributed by atoms with Crippen molar-refractivity contribution in [3.05, 3.63) is 71.3 Å². The number of nitrogens with one attached hydrogen (secondary N) is 1. The van der Waals surface area contributed by atoms with Gasteiger partial charge in [0.15, 0.2) is 6.10 Å². The molecule has 2 aromatic rings. The maximum atomic E-state index is 12.2. The Hall–Kier alpha value is -3.13. The Labute approximate surface area is 153 Å². The Balaban J connectivity index is 1.90. The van der Waals surface area contributed by atoms with Crippen molar-refractivity contribution in [2.75, 3.05) is 6.54 Å². The Morgan fingerprint density at radius 1 is 1.15 bits per heavy atom. The van der Waals surface area contributed by atoms with E-state index in [1.807, 2.05) is 36.4 Å². The highest BCUT2D eigenvalue weighted by atomic mass is 16.5. The highest BCUT2D eigenvalue weighted by molar-refractivity contribution is 5.92. The molecule has 1 amide bonds. The Kier molecular flexibility index (Phi) is 6.92. The molecule has 5 heteroatoms. The monoisotopic (exact) mass is 350 g/mol. The maximum Gasteiger partial charge on any atom is 0.338 e. The number of nitrogens with zero attached hydrogens (tertiary/aromatic N) is 1. The zero-order valence-electron chi connectivity index (χ0n) is 14.9. The van der Waals surface area contributed by atoms with Crippen LogP contribution >= 0.6 is 0 Å². The number of ether oxygens (including phenoxy) is 1. The number of esters is 1. The Morgan fingerprint density at radius 2 is 1.88 bits per heavy atom. The number of hydrogen-bond donors (Lipinski definition) is 1. The molecule has 0 aromatic heterocycles. The fourth-order valence-corrected chi connectivity index (χ4v) is 2.59. The minimum Gasteiger partial charge on any atom is -0.449 e. The highest BCUT2D eigenvalue weighted by Crippen LogP contribution is 2.18. The van der Waals surface area contributed by atoms with Crippen LogP contribution in [0.15, 0.2) is 54.6 Å². The van der Waals surface area contributed by atoms with E-state index < -0.39 is 12.1 Å². The van der Waals surface area contributed by atoms with Gasteiger partial charge in [-0.2, -0.15) is 5.26 Å². The summed E-state index contributed by atoms with van der Waals surface area (Å²) in [5.41, 5.74) is 1.78. The lowest BCUT2D eigenvalue weighted by molar-refractivity contribution is -0.129. The van der Waals surface area contributed by atoms with E-state index in [4.69, 9.17) is 10.00 Å². The molecule has 134 valence electrons. The molecule has 1 N–H and O–H groups in total. The first kappa shape index (κ1) is 19.2. The van der Waals surface area contributed by atoms with Crippen LogP contribution in [0.3, 0.4) is 0 Å². The molecular weight excluding hydrogens is 328 g/mol. The fourth-order valence-electron chi connectivity index (χ4n) is 2.59. The number of benzene rings is 2. The summed E-state index contributed by atoms with van der Waals surface area (Å²) in [4.78, 5) is 24.4. The van der Waals surface area contributed by atoms with E-state index in [1.165, 1.54) is 13.0 Å².